The second kappa shape index (κ2) is 7.77. The van der Waals surface area contributed by atoms with Crippen molar-refractivity contribution in [1.29, 1.82) is 0 Å². The number of benzene rings is 2. The quantitative estimate of drug-likeness (QED) is 0.552. The first kappa shape index (κ1) is 20.4. The number of primary amides is 1. The molecule has 3 amide bonds. The van der Waals surface area contributed by atoms with E-state index in [4.69, 9.17) is 5.73 Å². The van der Waals surface area contributed by atoms with Crippen LogP contribution in [-0.2, 0) is 9.59 Å². The summed E-state index contributed by atoms with van der Waals surface area (Å²) in [6.45, 7) is 3.56. The number of thioether (sulfide) groups is 1. The van der Waals surface area contributed by atoms with Gasteiger partial charge in [0.25, 0.3) is 11.1 Å². The Bertz CT molecular complexity index is 1260. The highest BCUT2D eigenvalue weighted by Gasteiger charge is 2.36. The predicted octanol–water partition coefficient (Wildman–Crippen LogP) is 4.53. The van der Waals surface area contributed by atoms with Crippen molar-refractivity contribution in [3.05, 3.63) is 68.8 Å². The molecule has 152 valence electrons. The van der Waals surface area contributed by atoms with Gasteiger partial charge in [0.05, 0.1) is 10.6 Å². The molecule has 4 rings (SSSR count). The number of aryl methyl sites for hydroxylation is 1. The van der Waals surface area contributed by atoms with Crippen molar-refractivity contribution in [1.82, 2.24) is 9.47 Å². The summed E-state index contributed by atoms with van der Waals surface area (Å²) in [4.78, 5) is 36.9. The van der Waals surface area contributed by atoms with E-state index in [1.54, 1.807) is 6.08 Å². The van der Waals surface area contributed by atoms with Gasteiger partial charge in [-0.05, 0) is 60.8 Å². The number of nitrogens with two attached hydrogens (primary N) is 1. The van der Waals surface area contributed by atoms with Crippen LogP contribution in [0.25, 0.3) is 22.5 Å². The molecular weight excluding hydrogens is 466 g/mol. The number of halogens is 1. The molecule has 1 aliphatic rings. The molecule has 2 heterocycles. The van der Waals surface area contributed by atoms with E-state index in [-0.39, 0.29) is 4.91 Å². The number of rotatable bonds is 4. The number of carbonyl (C=O) groups is 3. The van der Waals surface area contributed by atoms with Crippen LogP contribution in [-0.4, -0.2) is 33.1 Å². The van der Waals surface area contributed by atoms with Crippen LogP contribution in [0.4, 0.5) is 4.79 Å². The second-order valence-electron chi connectivity index (χ2n) is 7.01. The zero-order chi connectivity index (χ0) is 21.6. The van der Waals surface area contributed by atoms with Gasteiger partial charge in [0, 0.05) is 21.2 Å². The summed E-state index contributed by atoms with van der Waals surface area (Å²) in [6, 6.07) is 14.2. The summed E-state index contributed by atoms with van der Waals surface area (Å²) in [5.74, 6) is -1.22. The smallest absolute Gasteiger partial charge is 0.294 e. The van der Waals surface area contributed by atoms with Crippen LogP contribution in [0, 0.1) is 13.8 Å². The molecule has 30 heavy (non-hydrogen) atoms. The molecule has 3 aromatic rings. The van der Waals surface area contributed by atoms with Gasteiger partial charge in [0.1, 0.15) is 6.54 Å². The minimum atomic E-state index is -0.723. The number of hydrogen-bond acceptors (Lipinski definition) is 4. The van der Waals surface area contributed by atoms with Gasteiger partial charge in [-0.15, -0.1) is 0 Å². The van der Waals surface area contributed by atoms with Gasteiger partial charge in [-0.2, -0.15) is 0 Å². The first-order chi connectivity index (χ1) is 14.3. The predicted molar refractivity (Wildman–Crippen MR) is 122 cm³/mol. The lowest BCUT2D eigenvalue weighted by Gasteiger charge is -2.14. The van der Waals surface area contributed by atoms with E-state index in [1.165, 1.54) is 0 Å². The lowest BCUT2D eigenvalue weighted by molar-refractivity contribution is -0.127. The molecule has 1 aliphatic heterocycles. The summed E-state index contributed by atoms with van der Waals surface area (Å²) >= 11 is 4.43. The molecule has 1 saturated heterocycles. The fourth-order valence-electron chi connectivity index (χ4n) is 3.68. The van der Waals surface area contributed by atoms with Gasteiger partial charge in [-0.1, -0.05) is 40.2 Å². The summed E-state index contributed by atoms with van der Waals surface area (Å²) in [5, 5.41) is 1.72. The number of imide groups is 1. The standard InChI is InChI=1S/C22H18BrN3O3S/c1-12-9-14(10-19-21(28)25(11-20(24)27)22(29)30-19)13(2)26(12)18-8-7-17(23)15-5-3-4-6-16(15)18/h3-10H,11H2,1-2H3,(H2,24,27)/b19-10-. The van der Waals surface area contributed by atoms with E-state index < -0.39 is 23.6 Å². The van der Waals surface area contributed by atoms with Crippen LogP contribution in [0.5, 0.6) is 0 Å². The molecule has 0 saturated carbocycles. The maximum Gasteiger partial charge on any atom is 0.294 e. The van der Waals surface area contributed by atoms with Gasteiger partial charge < -0.3 is 10.3 Å². The van der Waals surface area contributed by atoms with E-state index in [0.717, 1.165) is 54.5 Å². The van der Waals surface area contributed by atoms with Gasteiger partial charge in [0.2, 0.25) is 5.91 Å². The van der Waals surface area contributed by atoms with Crippen molar-refractivity contribution in [2.75, 3.05) is 6.54 Å². The zero-order valence-corrected chi connectivity index (χ0v) is 18.7. The highest BCUT2D eigenvalue weighted by Crippen LogP contribution is 2.35. The fourth-order valence-corrected chi connectivity index (χ4v) is 4.99. The minimum absolute atomic E-state index is 0.280. The number of carbonyl (C=O) groups excluding carboxylic acids is 3. The molecule has 0 unspecified atom stereocenters. The van der Waals surface area contributed by atoms with Gasteiger partial charge >= 0.3 is 0 Å². The normalized spacial score (nSPS) is 15.6. The maximum atomic E-state index is 12.5. The number of aromatic nitrogens is 1. The molecule has 1 fully saturated rings. The number of fused-ring (bicyclic) bond motifs is 1. The highest BCUT2D eigenvalue weighted by atomic mass is 79.9. The van der Waals surface area contributed by atoms with Crippen LogP contribution in [0.2, 0.25) is 0 Å². The Kier molecular flexibility index (Phi) is 5.29. The lowest BCUT2D eigenvalue weighted by Crippen LogP contribution is -2.36. The molecular formula is C22H18BrN3O3S. The average Bonchev–Trinajstić information content (AvgIpc) is 3.12. The number of hydrogen-bond donors (Lipinski definition) is 1. The van der Waals surface area contributed by atoms with Crippen molar-refractivity contribution in [2.24, 2.45) is 5.73 Å². The monoisotopic (exact) mass is 483 g/mol. The third kappa shape index (κ3) is 3.46. The number of nitrogens with zero attached hydrogens (tertiary/aromatic N) is 2. The third-order valence-corrected chi connectivity index (χ3v) is 6.63. The Balaban J connectivity index is 1.79. The maximum absolute atomic E-state index is 12.5. The van der Waals surface area contributed by atoms with Crippen molar-refractivity contribution in [3.63, 3.8) is 0 Å². The van der Waals surface area contributed by atoms with Gasteiger partial charge in [-0.25, -0.2) is 0 Å². The van der Waals surface area contributed by atoms with Crippen LogP contribution < -0.4 is 5.73 Å². The van der Waals surface area contributed by atoms with E-state index in [1.807, 2.05) is 38.1 Å². The summed E-state index contributed by atoms with van der Waals surface area (Å²) in [5.41, 5.74) is 8.96. The molecule has 2 aromatic carbocycles. The van der Waals surface area contributed by atoms with E-state index >= 15 is 0 Å². The van der Waals surface area contributed by atoms with Crippen molar-refractivity contribution >= 4 is 61.6 Å². The zero-order valence-electron chi connectivity index (χ0n) is 16.3. The van der Waals surface area contributed by atoms with Crippen molar-refractivity contribution < 1.29 is 14.4 Å². The van der Waals surface area contributed by atoms with Crippen LogP contribution in [0.15, 0.2) is 51.8 Å². The third-order valence-electron chi connectivity index (χ3n) is 5.03. The Hall–Kier alpha value is -2.84. The summed E-state index contributed by atoms with van der Waals surface area (Å²) in [7, 11) is 0. The Morgan fingerprint density at radius 3 is 2.53 bits per heavy atom. The molecule has 1 aromatic heterocycles. The van der Waals surface area contributed by atoms with Gasteiger partial charge in [-0.3, -0.25) is 19.3 Å². The Morgan fingerprint density at radius 2 is 1.83 bits per heavy atom. The van der Waals surface area contributed by atoms with E-state index in [0.29, 0.717) is 0 Å². The summed E-state index contributed by atoms with van der Waals surface area (Å²) < 4.78 is 3.15. The van der Waals surface area contributed by atoms with Crippen molar-refractivity contribution in [3.8, 4) is 5.69 Å². The van der Waals surface area contributed by atoms with E-state index in [2.05, 4.69) is 38.7 Å². The number of amides is 3. The molecule has 8 heteroatoms. The molecule has 0 bridgehead atoms. The van der Waals surface area contributed by atoms with Crippen LogP contribution >= 0.6 is 27.7 Å². The average molecular weight is 484 g/mol. The first-order valence-electron chi connectivity index (χ1n) is 9.18. The van der Waals surface area contributed by atoms with Crippen LogP contribution in [0.1, 0.15) is 17.0 Å². The lowest BCUT2D eigenvalue weighted by atomic mass is 10.1. The molecule has 0 radical (unpaired) electrons. The summed E-state index contributed by atoms with van der Waals surface area (Å²) in [6.07, 6.45) is 1.70. The SMILES string of the molecule is Cc1cc(/C=C2\SC(=O)N(CC(N)=O)C2=O)c(C)n1-c1ccc(Br)c2ccccc12. The molecule has 0 spiro atoms. The largest absolute Gasteiger partial charge is 0.368 e. The van der Waals surface area contributed by atoms with Crippen LogP contribution in [0.3, 0.4) is 0 Å². The topological polar surface area (TPSA) is 85.4 Å². The molecule has 0 aliphatic carbocycles. The molecule has 6 nitrogen and oxygen atoms in total. The van der Waals surface area contributed by atoms with Crippen molar-refractivity contribution in [2.45, 2.75) is 13.8 Å². The van der Waals surface area contributed by atoms with Gasteiger partial charge in [0.15, 0.2) is 0 Å². The first-order valence-corrected chi connectivity index (χ1v) is 10.8. The van der Waals surface area contributed by atoms with E-state index in [9.17, 15) is 14.4 Å². The Morgan fingerprint density at radius 1 is 1.13 bits per heavy atom. The Labute approximate surface area is 185 Å². The second-order valence-corrected chi connectivity index (χ2v) is 8.86. The minimum Gasteiger partial charge on any atom is -0.368 e. The molecule has 0 atom stereocenters. The fraction of sp³-hybridized carbons (Fsp3) is 0.136. The highest BCUT2D eigenvalue weighted by molar-refractivity contribution is 9.10. The molecule has 2 N–H and O–H groups in total.